The smallest absolute Gasteiger partial charge is 0.310 e. The molecule has 2 heterocycles. The van der Waals surface area contributed by atoms with Gasteiger partial charge in [-0.1, -0.05) is 23.7 Å². The van der Waals surface area contributed by atoms with Crippen LogP contribution in [0.4, 0.5) is 5.82 Å². The number of anilines is 1. The van der Waals surface area contributed by atoms with Crippen molar-refractivity contribution in [1.29, 1.82) is 5.26 Å². The average molecular weight is 404 g/mol. The largest absolute Gasteiger partial charge is 0.331 e. The molecule has 4 aromatic rings. The van der Waals surface area contributed by atoms with Gasteiger partial charge in [-0.25, -0.2) is 9.78 Å². The summed E-state index contributed by atoms with van der Waals surface area (Å²) in [6.45, 7) is 0. The van der Waals surface area contributed by atoms with Crippen molar-refractivity contribution in [2.45, 2.75) is 6.42 Å². The Bertz CT molecular complexity index is 1400. The van der Waals surface area contributed by atoms with Crippen LogP contribution >= 0.6 is 11.6 Å². The van der Waals surface area contributed by atoms with E-state index >= 15 is 0 Å². The minimum atomic E-state index is -0.280. The molecule has 1 aliphatic rings. The molecule has 2 unspecified atom stereocenters. The number of para-hydroxylation sites is 2. The van der Waals surface area contributed by atoms with Gasteiger partial charge < -0.3 is 10.3 Å². The first-order valence-electron chi connectivity index (χ1n) is 9.05. The number of nitrogens with zero attached hydrogens (tertiary/aromatic N) is 3. The van der Waals surface area contributed by atoms with Gasteiger partial charge in [0.05, 0.1) is 39.6 Å². The summed E-state index contributed by atoms with van der Waals surface area (Å²) < 4.78 is 1.56. The zero-order valence-electron chi connectivity index (χ0n) is 15.0. The maximum atomic E-state index is 12.5. The molecular weight excluding hydrogens is 390 g/mol. The van der Waals surface area contributed by atoms with Crippen LogP contribution in [0.2, 0.25) is 5.02 Å². The lowest BCUT2D eigenvalue weighted by molar-refractivity contribution is -0.117. The van der Waals surface area contributed by atoms with Crippen molar-refractivity contribution < 1.29 is 4.79 Å². The first-order chi connectivity index (χ1) is 14.0. The summed E-state index contributed by atoms with van der Waals surface area (Å²) in [5.41, 5.74) is 1.82. The SMILES string of the molecule is N#CC1CC1C(=O)Nc1cc2cc(-n3c(=O)[nH]c4ccccc43)cc(Cl)c2cn1. The van der Waals surface area contributed by atoms with E-state index in [-0.39, 0.29) is 23.4 Å². The van der Waals surface area contributed by atoms with Crippen LogP contribution in [0.3, 0.4) is 0 Å². The fourth-order valence-electron chi connectivity index (χ4n) is 3.55. The fraction of sp³-hybridized carbons (Fsp3) is 0.143. The molecule has 29 heavy (non-hydrogen) atoms. The number of aromatic amines is 1. The molecule has 1 saturated carbocycles. The van der Waals surface area contributed by atoms with Crippen LogP contribution in [0.25, 0.3) is 27.5 Å². The molecule has 2 N–H and O–H groups in total. The number of imidazole rings is 1. The number of H-pyrrole nitrogens is 1. The molecule has 2 atom stereocenters. The Morgan fingerprint density at radius 2 is 2.14 bits per heavy atom. The average Bonchev–Trinajstić information content (AvgIpc) is 3.42. The number of nitrogens with one attached hydrogen (secondary N) is 2. The predicted octanol–water partition coefficient (Wildman–Crippen LogP) is 3.62. The van der Waals surface area contributed by atoms with Crippen molar-refractivity contribution in [3.63, 3.8) is 0 Å². The topological polar surface area (TPSA) is 104 Å². The number of carbonyl (C=O) groups excluding carboxylic acids is 1. The van der Waals surface area contributed by atoms with E-state index in [1.165, 1.54) is 0 Å². The molecule has 1 aliphatic carbocycles. The quantitative estimate of drug-likeness (QED) is 0.545. The Kier molecular flexibility index (Phi) is 3.89. The number of pyridine rings is 1. The van der Waals surface area contributed by atoms with Gasteiger partial charge in [-0.2, -0.15) is 5.26 Å². The van der Waals surface area contributed by atoms with E-state index in [4.69, 9.17) is 16.9 Å². The number of halogens is 1. The summed E-state index contributed by atoms with van der Waals surface area (Å²) in [5.74, 6) is -0.327. The number of hydrogen-bond donors (Lipinski definition) is 2. The van der Waals surface area contributed by atoms with Crippen LogP contribution < -0.4 is 11.0 Å². The third-order valence-electron chi connectivity index (χ3n) is 5.16. The molecule has 2 aromatic carbocycles. The van der Waals surface area contributed by atoms with E-state index in [0.29, 0.717) is 28.3 Å². The normalized spacial score (nSPS) is 17.9. The lowest BCUT2D eigenvalue weighted by Crippen LogP contribution is -2.16. The van der Waals surface area contributed by atoms with Gasteiger partial charge in [-0.15, -0.1) is 0 Å². The van der Waals surface area contributed by atoms with Crippen molar-refractivity contribution in [2.75, 3.05) is 5.32 Å². The molecular formula is C21H14ClN5O2. The lowest BCUT2D eigenvalue weighted by atomic mass is 10.1. The molecule has 0 aliphatic heterocycles. The first kappa shape index (κ1) is 17.5. The Morgan fingerprint density at radius 1 is 1.31 bits per heavy atom. The van der Waals surface area contributed by atoms with E-state index in [1.807, 2.05) is 30.3 Å². The van der Waals surface area contributed by atoms with Gasteiger partial charge >= 0.3 is 5.69 Å². The van der Waals surface area contributed by atoms with Crippen molar-refractivity contribution in [3.05, 3.63) is 64.2 Å². The molecule has 5 rings (SSSR count). The summed E-state index contributed by atoms with van der Waals surface area (Å²) in [7, 11) is 0. The van der Waals surface area contributed by atoms with Crippen molar-refractivity contribution in [1.82, 2.24) is 14.5 Å². The summed E-state index contributed by atoms with van der Waals surface area (Å²) >= 11 is 6.45. The third kappa shape index (κ3) is 2.94. The highest BCUT2D eigenvalue weighted by atomic mass is 35.5. The zero-order chi connectivity index (χ0) is 20.1. The van der Waals surface area contributed by atoms with Crippen molar-refractivity contribution in [2.24, 2.45) is 11.8 Å². The molecule has 2 aromatic heterocycles. The maximum absolute atomic E-state index is 12.5. The first-order valence-corrected chi connectivity index (χ1v) is 9.43. The van der Waals surface area contributed by atoms with Crippen LogP contribution in [0, 0.1) is 23.2 Å². The van der Waals surface area contributed by atoms with Gasteiger partial charge in [-0.05, 0) is 42.1 Å². The second-order valence-corrected chi connectivity index (χ2v) is 7.48. The molecule has 142 valence electrons. The van der Waals surface area contributed by atoms with Gasteiger partial charge in [-0.3, -0.25) is 9.36 Å². The fourth-order valence-corrected chi connectivity index (χ4v) is 3.82. The van der Waals surface area contributed by atoms with Gasteiger partial charge in [0.2, 0.25) is 5.91 Å². The van der Waals surface area contributed by atoms with Gasteiger partial charge in [0.25, 0.3) is 0 Å². The Hall–Kier alpha value is -3.63. The monoisotopic (exact) mass is 403 g/mol. The molecule has 0 bridgehead atoms. The maximum Gasteiger partial charge on any atom is 0.331 e. The van der Waals surface area contributed by atoms with E-state index in [0.717, 1.165) is 16.4 Å². The number of carbonyl (C=O) groups is 1. The van der Waals surface area contributed by atoms with Crippen molar-refractivity contribution in [3.8, 4) is 11.8 Å². The van der Waals surface area contributed by atoms with E-state index in [1.54, 1.807) is 22.9 Å². The third-order valence-corrected chi connectivity index (χ3v) is 5.48. The number of aromatic nitrogens is 3. The number of rotatable bonds is 3. The second kappa shape index (κ2) is 6.47. The molecule has 0 radical (unpaired) electrons. The lowest BCUT2D eigenvalue weighted by Gasteiger charge is -2.09. The van der Waals surface area contributed by atoms with Crippen molar-refractivity contribution >= 4 is 45.1 Å². The predicted molar refractivity (Wildman–Crippen MR) is 110 cm³/mol. The van der Waals surface area contributed by atoms with Crippen LogP contribution in [0.15, 0.2) is 53.5 Å². The van der Waals surface area contributed by atoms with Crippen LogP contribution in [0.1, 0.15) is 6.42 Å². The number of benzene rings is 2. The zero-order valence-corrected chi connectivity index (χ0v) is 15.8. The van der Waals surface area contributed by atoms with Gasteiger partial charge in [0.15, 0.2) is 0 Å². The number of amides is 1. The Balaban J connectivity index is 1.58. The minimum absolute atomic E-state index is 0.210. The van der Waals surface area contributed by atoms with Crippen LogP contribution in [0.5, 0.6) is 0 Å². The molecule has 0 spiro atoms. The number of hydrogen-bond acceptors (Lipinski definition) is 4. The van der Waals surface area contributed by atoms with E-state index in [9.17, 15) is 9.59 Å². The van der Waals surface area contributed by atoms with E-state index < -0.39 is 0 Å². The summed E-state index contributed by atoms with van der Waals surface area (Å²) in [4.78, 5) is 31.8. The van der Waals surface area contributed by atoms with Gasteiger partial charge in [0.1, 0.15) is 5.82 Å². The summed E-state index contributed by atoms with van der Waals surface area (Å²) in [5, 5.41) is 13.5. The standard InChI is InChI=1S/C21H14ClN5O2/c22-16-8-13(27-18-4-2-1-3-17(18)25-21(27)29)5-11-7-19(24-10-15(11)16)26-20(28)14-6-12(14)9-23/h1-5,7-8,10,12,14H,6H2,(H,25,29)(H,24,26,28). The molecule has 0 saturated heterocycles. The Morgan fingerprint density at radius 3 is 2.93 bits per heavy atom. The second-order valence-electron chi connectivity index (χ2n) is 7.07. The molecule has 7 nitrogen and oxygen atoms in total. The van der Waals surface area contributed by atoms with E-state index in [2.05, 4.69) is 21.4 Å². The summed E-state index contributed by atoms with van der Waals surface area (Å²) in [6, 6.07) is 14.8. The van der Waals surface area contributed by atoms with Crippen LogP contribution in [-0.2, 0) is 4.79 Å². The highest BCUT2D eigenvalue weighted by Crippen LogP contribution is 2.38. The number of fused-ring (bicyclic) bond motifs is 2. The Labute approximate surface area is 169 Å². The highest BCUT2D eigenvalue weighted by molar-refractivity contribution is 6.35. The van der Waals surface area contributed by atoms with Gasteiger partial charge in [0, 0.05) is 11.6 Å². The minimum Gasteiger partial charge on any atom is -0.310 e. The molecule has 1 amide bonds. The van der Waals surface area contributed by atoms with Crippen LogP contribution in [-0.4, -0.2) is 20.4 Å². The molecule has 8 heteroatoms. The summed E-state index contributed by atoms with van der Waals surface area (Å²) in [6.07, 6.45) is 2.17. The molecule has 1 fully saturated rings. The number of nitriles is 1. The highest BCUT2D eigenvalue weighted by Gasteiger charge is 2.43.